The number of benzene rings is 1. The van der Waals surface area contributed by atoms with Gasteiger partial charge < -0.3 is 10.9 Å². The summed E-state index contributed by atoms with van der Waals surface area (Å²) in [6.07, 6.45) is 2.19. The van der Waals surface area contributed by atoms with Crippen molar-refractivity contribution in [1.82, 2.24) is 0 Å². The fourth-order valence-corrected chi connectivity index (χ4v) is 2.16. The molecular formula is C11H14N2O. The van der Waals surface area contributed by atoms with Crippen molar-refractivity contribution in [2.45, 2.75) is 25.7 Å². The predicted octanol–water partition coefficient (Wildman–Crippen LogP) is 1.83. The second-order valence-electron chi connectivity index (χ2n) is 3.80. The Kier molecular flexibility index (Phi) is 2.15. The molecule has 1 aliphatic carbocycles. The molecule has 0 fully saturated rings. The molecule has 0 amide bonds. The lowest BCUT2D eigenvalue weighted by Crippen LogP contribution is -2.15. The normalized spacial score (nSPS) is 20.9. The zero-order valence-corrected chi connectivity index (χ0v) is 8.20. The van der Waals surface area contributed by atoms with Crippen molar-refractivity contribution in [1.29, 1.82) is 0 Å². The fraction of sp³-hybridized carbons (Fsp3) is 0.364. The first-order valence-corrected chi connectivity index (χ1v) is 4.83. The molecule has 0 saturated carbocycles. The van der Waals surface area contributed by atoms with E-state index in [1.54, 1.807) is 0 Å². The Morgan fingerprint density at radius 3 is 3.07 bits per heavy atom. The third kappa shape index (κ3) is 1.25. The zero-order valence-electron chi connectivity index (χ0n) is 8.20. The van der Waals surface area contributed by atoms with Crippen LogP contribution in [0, 0.1) is 0 Å². The van der Waals surface area contributed by atoms with Gasteiger partial charge in [-0.15, -0.1) is 0 Å². The Morgan fingerprint density at radius 1 is 1.57 bits per heavy atom. The summed E-state index contributed by atoms with van der Waals surface area (Å²) in [6.45, 7) is 2.21. The summed E-state index contributed by atoms with van der Waals surface area (Å²) in [5.41, 5.74) is 9.08. The lowest BCUT2D eigenvalue weighted by atomic mass is 9.99. The lowest BCUT2D eigenvalue weighted by Gasteiger charge is -2.07. The molecule has 0 aliphatic heterocycles. The molecule has 14 heavy (non-hydrogen) atoms. The molecule has 0 radical (unpaired) electrons. The molecule has 0 saturated heterocycles. The minimum Gasteiger partial charge on any atom is -0.409 e. The van der Waals surface area contributed by atoms with Crippen molar-refractivity contribution in [3.63, 3.8) is 0 Å². The molecule has 3 N–H and O–H groups in total. The Morgan fingerprint density at radius 2 is 2.36 bits per heavy atom. The minimum atomic E-state index is 0.218. The molecule has 74 valence electrons. The third-order valence-corrected chi connectivity index (χ3v) is 2.95. The van der Waals surface area contributed by atoms with Gasteiger partial charge in [0.1, 0.15) is 0 Å². The van der Waals surface area contributed by atoms with Crippen LogP contribution in [0.25, 0.3) is 0 Å². The molecular weight excluding hydrogens is 176 g/mol. The van der Waals surface area contributed by atoms with Crippen molar-refractivity contribution in [3.8, 4) is 0 Å². The number of rotatable bonds is 1. The van der Waals surface area contributed by atoms with Crippen LogP contribution in [0.5, 0.6) is 0 Å². The molecule has 1 unspecified atom stereocenters. The van der Waals surface area contributed by atoms with Gasteiger partial charge in [-0.25, -0.2) is 0 Å². The molecule has 0 heterocycles. The topological polar surface area (TPSA) is 58.6 Å². The standard InChI is InChI=1S/C11H14N2O/c1-7-5-6-9-8(7)3-2-4-10(9)11(12)13-14/h2-4,7,14H,5-6H2,1H3,(H2,12,13). The van der Waals surface area contributed by atoms with Gasteiger partial charge in [0.2, 0.25) is 0 Å². The number of hydrogen-bond donors (Lipinski definition) is 2. The van der Waals surface area contributed by atoms with Gasteiger partial charge in [-0.1, -0.05) is 30.3 Å². The first-order valence-electron chi connectivity index (χ1n) is 4.83. The maximum Gasteiger partial charge on any atom is 0.170 e. The maximum absolute atomic E-state index is 8.65. The Bertz CT molecular complexity index is 385. The molecule has 3 heteroatoms. The molecule has 1 aliphatic rings. The van der Waals surface area contributed by atoms with E-state index < -0.39 is 0 Å². The van der Waals surface area contributed by atoms with E-state index in [0.717, 1.165) is 18.4 Å². The monoisotopic (exact) mass is 190 g/mol. The SMILES string of the molecule is CC1CCc2c(C(N)=NO)cccc21. The highest BCUT2D eigenvalue weighted by atomic mass is 16.4. The summed E-state index contributed by atoms with van der Waals surface area (Å²) in [4.78, 5) is 0. The molecule has 1 aromatic rings. The van der Waals surface area contributed by atoms with Gasteiger partial charge in [0.05, 0.1) is 0 Å². The first-order chi connectivity index (χ1) is 6.74. The van der Waals surface area contributed by atoms with E-state index in [-0.39, 0.29) is 5.84 Å². The Balaban J connectivity index is 2.54. The van der Waals surface area contributed by atoms with Gasteiger partial charge in [0.25, 0.3) is 0 Å². The van der Waals surface area contributed by atoms with Crippen molar-refractivity contribution in [2.75, 3.05) is 0 Å². The number of hydrogen-bond acceptors (Lipinski definition) is 2. The molecule has 2 rings (SSSR count). The lowest BCUT2D eigenvalue weighted by molar-refractivity contribution is 0.318. The highest BCUT2D eigenvalue weighted by Gasteiger charge is 2.21. The van der Waals surface area contributed by atoms with Crippen molar-refractivity contribution in [3.05, 3.63) is 34.9 Å². The Labute approximate surface area is 83.2 Å². The molecule has 0 spiro atoms. The van der Waals surface area contributed by atoms with Crippen LogP contribution in [-0.2, 0) is 6.42 Å². The van der Waals surface area contributed by atoms with E-state index >= 15 is 0 Å². The zero-order chi connectivity index (χ0) is 10.1. The van der Waals surface area contributed by atoms with Crippen LogP contribution in [0.2, 0.25) is 0 Å². The van der Waals surface area contributed by atoms with Crippen LogP contribution in [0.3, 0.4) is 0 Å². The van der Waals surface area contributed by atoms with E-state index in [2.05, 4.69) is 18.1 Å². The minimum absolute atomic E-state index is 0.218. The van der Waals surface area contributed by atoms with Gasteiger partial charge >= 0.3 is 0 Å². The average Bonchev–Trinajstić information content (AvgIpc) is 2.59. The number of fused-ring (bicyclic) bond motifs is 1. The van der Waals surface area contributed by atoms with Gasteiger partial charge in [-0.2, -0.15) is 0 Å². The summed E-state index contributed by atoms with van der Waals surface area (Å²) in [5, 5.41) is 11.7. The Hall–Kier alpha value is -1.51. The summed E-state index contributed by atoms with van der Waals surface area (Å²) >= 11 is 0. The highest BCUT2D eigenvalue weighted by Crippen LogP contribution is 2.34. The van der Waals surface area contributed by atoms with E-state index in [1.165, 1.54) is 11.1 Å². The van der Waals surface area contributed by atoms with Crippen LogP contribution in [0.1, 0.15) is 36.0 Å². The van der Waals surface area contributed by atoms with Crippen molar-refractivity contribution < 1.29 is 5.21 Å². The molecule has 0 aromatic heterocycles. The van der Waals surface area contributed by atoms with E-state index in [0.29, 0.717) is 5.92 Å². The van der Waals surface area contributed by atoms with Crippen LogP contribution in [0.15, 0.2) is 23.4 Å². The average molecular weight is 190 g/mol. The second kappa shape index (κ2) is 3.33. The van der Waals surface area contributed by atoms with Crippen LogP contribution < -0.4 is 5.73 Å². The van der Waals surface area contributed by atoms with Crippen molar-refractivity contribution >= 4 is 5.84 Å². The first kappa shape index (κ1) is 9.06. The molecule has 1 aromatic carbocycles. The largest absolute Gasteiger partial charge is 0.409 e. The summed E-state index contributed by atoms with van der Waals surface area (Å²) in [6, 6.07) is 6.00. The number of nitrogens with zero attached hydrogens (tertiary/aromatic N) is 1. The number of amidine groups is 1. The van der Waals surface area contributed by atoms with Crippen LogP contribution in [0.4, 0.5) is 0 Å². The predicted molar refractivity (Wildman–Crippen MR) is 55.7 cm³/mol. The second-order valence-corrected chi connectivity index (χ2v) is 3.80. The fourth-order valence-electron chi connectivity index (χ4n) is 2.16. The van der Waals surface area contributed by atoms with E-state index in [1.807, 2.05) is 12.1 Å². The van der Waals surface area contributed by atoms with Crippen LogP contribution >= 0.6 is 0 Å². The summed E-state index contributed by atoms with van der Waals surface area (Å²) in [5.74, 6) is 0.812. The number of oxime groups is 1. The smallest absolute Gasteiger partial charge is 0.170 e. The quantitative estimate of drug-likeness (QED) is 0.307. The third-order valence-electron chi connectivity index (χ3n) is 2.95. The van der Waals surface area contributed by atoms with Gasteiger partial charge in [0.15, 0.2) is 5.84 Å². The molecule has 0 bridgehead atoms. The highest BCUT2D eigenvalue weighted by molar-refractivity contribution is 5.98. The molecule has 1 atom stereocenters. The van der Waals surface area contributed by atoms with Gasteiger partial charge in [-0.3, -0.25) is 0 Å². The summed E-state index contributed by atoms with van der Waals surface area (Å²) < 4.78 is 0. The van der Waals surface area contributed by atoms with Crippen LogP contribution in [-0.4, -0.2) is 11.0 Å². The van der Waals surface area contributed by atoms with E-state index in [9.17, 15) is 0 Å². The number of nitrogens with two attached hydrogens (primary N) is 1. The van der Waals surface area contributed by atoms with Gasteiger partial charge in [-0.05, 0) is 29.9 Å². The van der Waals surface area contributed by atoms with Crippen molar-refractivity contribution in [2.24, 2.45) is 10.9 Å². The molecule has 3 nitrogen and oxygen atoms in total. The summed E-state index contributed by atoms with van der Waals surface area (Å²) in [7, 11) is 0. The maximum atomic E-state index is 8.65. The van der Waals surface area contributed by atoms with Gasteiger partial charge in [0, 0.05) is 5.56 Å². The van der Waals surface area contributed by atoms with E-state index in [4.69, 9.17) is 10.9 Å².